The third-order valence-corrected chi connectivity index (χ3v) is 3.09. The largest absolute Gasteiger partial charge is 0.493 e. The fourth-order valence-corrected chi connectivity index (χ4v) is 2.32. The molecule has 2 heterocycles. The van der Waals surface area contributed by atoms with Gasteiger partial charge in [0.15, 0.2) is 0 Å². The number of hydrogen-bond donors (Lipinski definition) is 1. The van der Waals surface area contributed by atoms with E-state index in [-0.39, 0.29) is 0 Å². The highest BCUT2D eigenvalue weighted by Crippen LogP contribution is 2.33. The molecule has 0 saturated carbocycles. The van der Waals surface area contributed by atoms with Crippen molar-refractivity contribution < 1.29 is 4.74 Å². The van der Waals surface area contributed by atoms with E-state index in [1.165, 1.54) is 16.7 Å². The molecule has 3 rings (SSSR count). The summed E-state index contributed by atoms with van der Waals surface area (Å²) in [4.78, 5) is 0. The van der Waals surface area contributed by atoms with E-state index < -0.39 is 0 Å². The summed E-state index contributed by atoms with van der Waals surface area (Å²) in [6, 6.07) is 6.49. The number of para-hydroxylation sites is 1. The zero-order chi connectivity index (χ0) is 10.1. The van der Waals surface area contributed by atoms with E-state index in [1.54, 1.807) is 0 Å². The van der Waals surface area contributed by atoms with E-state index in [0.717, 1.165) is 38.3 Å². The molecule has 0 spiro atoms. The van der Waals surface area contributed by atoms with Crippen molar-refractivity contribution in [2.75, 3.05) is 19.7 Å². The molecule has 0 radical (unpaired) electrons. The van der Waals surface area contributed by atoms with Gasteiger partial charge in [0.2, 0.25) is 0 Å². The molecule has 2 nitrogen and oxygen atoms in total. The van der Waals surface area contributed by atoms with E-state index in [0.29, 0.717) is 0 Å². The summed E-state index contributed by atoms with van der Waals surface area (Å²) in [5.74, 6) is 1.12. The van der Waals surface area contributed by atoms with Crippen LogP contribution in [0.3, 0.4) is 0 Å². The lowest BCUT2D eigenvalue weighted by Gasteiger charge is -2.20. The van der Waals surface area contributed by atoms with Gasteiger partial charge in [-0.05, 0) is 24.0 Å². The Morgan fingerprint density at radius 2 is 2.27 bits per heavy atom. The SMILES string of the molecule is C1=C(c2cccc3c2OCCC3)CNC1. The zero-order valence-electron chi connectivity index (χ0n) is 8.75. The zero-order valence-corrected chi connectivity index (χ0v) is 8.75. The molecule has 2 aliphatic rings. The van der Waals surface area contributed by atoms with Crippen LogP contribution in [0.2, 0.25) is 0 Å². The Morgan fingerprint density at radius 3 is 3.13 bits per heavy atom. The summed E-state index contributed by atoms with van der Waals surface area (Å²) in [5, 5.41) is 3.33. The first-order valence-corrected chi connectivity index (χ1v) is 5.60. The van der Waals surface area contributed by atoms with Crippen LogP contribution >= 0.6 is 0 Å². The van der Waals surface area contributed by atoms with Gasteiger partial charge in [-0.15, -0.1) is 0 Å². The van der Waals surface area contributed by atoms with Gasteiger partial charge in [0.05, 0.1) is 6.61 Å². The van der Waals surface area contributed by atoms with Crippen LogP contribution in [0.1, 0.15) is 17.5 Å². The lowest BCUT2D eigenvalue weighted by atomic mass is 9.98. The average molecular weight is 201 g/mol. The Balaban J connectivity index is 2.06. The first kappa shape index (κ1) is 8.98. The van der Waals surface area contributed by atoms with Gasteiger partial charge in [0.25, 0.3) is 0 Å². The smallest absolute Gasteiger partial charge is 0.130 e. The number of benzene rings is 1. The highest BCUT2D eigenvalue weighted by molar-refractivity contribution is 5.74. The van der Waals surface area contributed by atoms with Gasteiger partial charge in [-0.3, -0.25) is 0 Å². The minimum absolute atomic E-state index is 0.866. The predicted octanol–water partition coefficient (Wildman–Crippen LogP) is 2.00. The molecule has 0 aliphatic carbocycles. The molecule has 0 amide bonds. The molecule has 0 unspecified atom stereocenters. The second-order valence-electron chi connectivity index (χ2n) is 4.11. The van der Waals surface area contributed by atoms with Crippen LogP contribution in [0.5, 0.6) is 5.75 Å². The van der Waals surface area contributed by atoms with Gasteiger partial charge >= 0.3 is 0 Å². The van der Waals surface area contributed by atoms with Crippen molar-refractivity contribution in [2.45, 2.75) is 12.8 Å². The Morgan fingerprint density at radius 1 is 1.27 bits per heavy atom. The van der Waals surface area contributed by atoms with Crippen LogP contribution in [0.25, 0.3) is 5.57 Å². The van der Waals surface area contributed by atoms with Crippen LogP contribution in [0.15, 0.2) is 24.3 Å². The Hall–Kier alpha value is -1.28. The molecule has 2 heteroatoms. The highest BCUT2D eigenvalue weighted by Gasteiger charge is 2.17. The van der Waals surface area contributed by atoms with Crippen LogP contribution in [-0.2, 0) is 6.42 Å². The summed E-state index contributed by atoms with van der Waals surface area (Å²) >= 11 is 0. The van der Waals surface area contributed by atoms with Gasteiger partial charge in [0.1, 0.15) is 5.75 Å². The number of fused-ring (bicyclic) bond motifs is 1. The summed E-state index contributed by atoms with van der Waals surface area (Å²) in [6.45, 7) is 2.82. The fraction of sp³-hybridized carbons (Fsp3) is 0.385. The van der Waals surface area contributed by atoms with Crippen molar-refractivity contribution in [3.8, 4) is 5.75 Å². The predicted molar refractivity (Wildman–Crippen MR) is 61.1 cm³/mol. The molecule has 0 aromatic heterocycles. The molecular formula is C13H15NO. The summed E-state index contributed by atoms with van der Waals surface area (Å²) in [7, 11) is 0. The molecule has 78 valence electrons. The van der Waals surface area contributed by atoms with E-state index in [1.807, 2.05) is 0 Å². The number of hydrogen-bond acceptors (Lipinski definition) is 2. The number of nitrogens with one attached hydrogen (secondary N) is 1. The van der Waals surface area contributed by atoms with E-state index in [4.69, 9.17) is 4.74 Å². The second kappa shape index (κ2) is 3.70. The van der Waals surface area contributed by atoms with Crippen molar-refractivity contribution in [3.63, 3.8) is 0 Å². The summed E-state index contributed by atoms with van der Waals surface area (Å²) < 4.78 is 5.80. The van der Waals surface area contributed by atoms with E-state index in [2.05, 4.69) is 29.6 Å². The Bertz CT molecular complexity index is 409. The number of ether oxygens (including phenoxy) is 1. The molecule has 1 aromatic carbocycles. The maximum absolute atomic E-state index is 5.80. The van der Waals surface area contributed by atoms with Gasteiger partial charge in [-0.1, -0.05) is 24.3 Å². The minimum atomic E-state index is 0.866. The molecule has 0 fully saturated rings. The topological polar surface area (TPSA) is 21.3 Å². The van der Waals surface area contributed by atoms with Crippen molar-refractivity contribution >= 4 is 5.57 Å². The van der Waals surface area contributed by atoms with Gasteiger partial charge in [0, 0.05) is 18.7 Å². The molecule has 0 saturated heterocycles. The molecule has 0 atom stereocenters. The summed E-state index contributed by atoms with van der Waals surface area (Å²) in [6.07, 6.45) is 4.56. The van der Waals surface area contributed by atoms with Crippen LogP contribution in [0, 0.1) is 0 Å². The first-order valence-electron chi connectivity index (χ1n) is 5.60. The lowest BCUT2D eigenvalue weighted by molar-refractivity contribution is 0.287. The van der Waals surface area contributed by atoms with Crippen molar-refractivity contribution in [1.29, 1.82) is 0 Å². The highest BCUT2D eigenvalue weighted by atomic mass is 16.5. The molecule has 0 bridgehead atoms. The lowest BCUT2D eigenvalue weighted by Crippen LogP contribution is -2.12. The second-order valence-corrected chi connectivity index (χ2v) is 4.11. The molecule has 1 aromatic rings. The minimum Gasteiger partial charge on any atom is -0.493 e. The molecule has 2 aliphatic heterocycles. The normalized spacial score (nSPS) is 19.3. The molecule has 15 heavy (non-hydrogen) atoms. The fourth-order valence-electron chi connectivity index (χ4n) is 2.32. The molecule has 1 N–H and O–H groups in total. The third-order valence-electron chi connectivity index (χ3n) is 3.09. The van der Waals surface area contributed by atoms with Gasteiger partial charge < -0.3 is 10.1 Å². The van der Waals surface area contributed by atoms with Crippen LogP contribution in [0.4, 0.5) is 0 Å². The maximum atomic E-state index is 5.80. The van der Waals surface area contributed by atoms with E-state index >= 15 is 0 Å². The quantitative estimate of drug-likeness (QED) is 0.750. The number of aryl methyl sites for hydroxylation is 1. The van der Waals surface area contributed by atoms with Gasteiger partial charge in [-0.25, -0.2) is 0 Å². The van der Waals surface area contributed by atoms with Crippen molar-refractivity contribution in [3.05, 3.63) is 35.4 Å². The molecular weight excluding hydrogens is 186 g/mol. The standard InChI is InChI=1S/C13H15NO/c1-3-10-4-2-8-15-13(10)12(5-1)11-6-7-14-9-11/h1,3,5-6,14H,2,4,7-9H2. The van der Waals surface area contributed by atoms with Crippen molar-refractivity contribution in [1.82, 2.24) is 5.32 Å². The maximum Gasteiger partial charge on any atom is 0.130 e. The third kappa shape index (κ3) is 1.55. The van der Waals surface area contributed by atoms with Crippen LogP contribution < -0.4 is 10.1 Å². The summed E-state index contributed by atoms with van der Waals surface area (Å²) in [5.41, 5.74) is 4.04. The number of rotatable bonds is 1. The Kier molecular flexibility index (Phi) is 2.22. The van der Waals surface area contributed by atoms with Gasteiger partial charge in [-0.2, -0.15) is 0 Å². The average Bonchev–Trinajstić information content (AvgIpc) is 2.82. The van der Waals surface area contributed by atoms with Crippen LogP contribution in [-0.4, -0.2) is 19.7 Å². The van der Waals surface area contributed by atoms with E-state index in [9.17, 15) is 0 Å². The monoisotopic (exact) mass is 201 g/mol. The van der Waals surface area contributed by atoms with Crippen molar-refractivity contribution in [2.24, 2.45) is 0 Å². The first-order chi connectivity index (χ1) is 7.45. The Labute approximate surface area is 89.9 Å².